The molecule has 2 aliphatic heterocycles. The van der Waals surface area contributed by atoms with Gasteiger partial charge in [-0.25, -0.2) is 48.2 Å². The van der Waals surface area contributed by atoms with Crippen LogP contribution < -0.4 is 0 Å². The van der Waals surface area contributed by atoms with E-state index < -0.39 is 17.9 Å². The number of carboxylic acids is 3. The lowest BCUT2D eigenvalue weighted by atomic mass is 10.2. The third-order valence-electron chi connectivity index (χ3n) is 9.41. The van der Waals surface area contributed by atoms with Crippen molar-refractivity contribution in [3.63, 3.8) is 0 Å². The summed E-state index contributed by atoms with van der Waals surface area (Å²) in [7, 11) is 0. The first-order chi connectivity index (χ1) is 35.9. The molecule has 0 fully saturated rings. The number of aryl methyl sites for hydroxylation is 2. The number of nitrogens with one attached hydrogen (secondary N) is 1. The lowest BCUT2D eigenvalue weighted by Gasteiger charge is -2.04. The van der Waals surface area contributed by atoms with Crippen molar-refractivity contribution in [3.05, 3.63) is 155 Å². The number of hydrogen-bond acceptors (Lipinski definition) is 14. The van der Waals surface area contributed by atoms with Gasteiger partial charge in [0.15, 0.2) is 23.1 Å². The molecule has 2 aliphatic rings. The smallest absolute Gasteiger partial charge is 0.354 e. The molecule has 9 rings (SSSR count). The Balaban J connectivity index is 0.000000201. The quantitative estimate of drug-likeness (QED) is 0.103. The number of ether oxygens (including phenoxy) is 1. The van der Waals surface area contributed by atoms with Crippen LogP contribution in [0.4, 0.5) is 0 Å². The molecule has 0 spiro atoms. The summed E-state index contributed by atoms with van der Waals surface area (Å²) in [4.78, 5) is 64.0. The van der Waals surface area contributed by atoms with Crippen molar-refractivity contribution in [2.24, 2.45) is 9.98 Å². The lowest BCUT2D eigenvalue weighted by Crippen LogP contribution is -2.12. The number of carbonyl (C=O) groups is 4. The Morgan fingerprint density at radius 3 is 1.43 bits per heavy atom. The third-order valence-corrected chi connectivity index (χ3v) is 13.3. The number of carbonyl (C=O) groups excluding carboxylic acids is 1. The highest BCUT2D eigenvalue weighted by molar-refractivity contribution is 9.12. The van der Waals surface area contributed by atoms with E-state index in [1.165, 1.54) is 21.6 Å². The Morgan fingerprint density at radius 2 is 1.09 bits per heavy atom. The van der Waals surface area contributed by atoms with Crippen LogP contribution in [0.15, 0.2) is 122 Å². The van der Waals surface area contributed by atoms with Gasteiger partial charge in [0.25, 0.3) is 0 Å². The number of aliphatic imine (C=N–C) groups is 2. The number of aromatic nitrogens is 11. The van der Waals surface area contributed by atoms with Crippen molar-refractivity contribution in [1.29, 1.82) is 0 Å². The van der Waals surface area contributed by atoms with Crippen LogP contribution in [-0.4, -0.2) is 125 Å². The molecule has 4 N–H and O–H groups in total. The molecule has 0 saturated heterocycles. The van der Waals surface area contributed by atoms with Crippen LogP contribution in [0, 0.1) is 20.8 Å². The summed E-state index contributed by atoms with van der Waals surface area (Å²) in [5.41, 5.74) is 4.85. The van der Waals surface area contributed by atoms with Gasteiger partial charge < -0.3 is 20.1 Å². The van der Waals surface area contributed by atoms with E-state index in [4.69, 9.17) is 54.9 Å². The summed E-state index contributed by atoms with van der Waals surface area (Å²) in [5, 5.41) is 46.8. The standard InChI is InChI=1S/C10H7BrClN3O2.C9H5BrClN3O2.C9H7BrClN3.C8H10BrNO2.C6H6BrNO2.C4H5BrN2/c1-5-7(10(16)17)8(11)14-15(5)9-6(12)3-2-4-13-9;10-7-4-6(9(15)16)14(13-7)8-5(11)2-1-3-12-8;1-6-5-8(10)13-14(6)9-7(11)3-2-4-12-9;1-3-12-8(11)7-5(2)10-4-6(7)9;1-3-5(6(9)10)4(7)2-8-3;1-3-2-4(5)7-6-3/h2-4H,1H3,(H,16,17);1-4H,(H,15,16);2-5H,1H3;3-4H2,1-2H3;2H2,1H3,(H,9,10);2H,1H3,(H,6,7). The first-order valence-electron chi connectivity index (χ1n) is 21.3. The molecule has 9 heterocycles. The minimum atomic E-state index is -1.10. The molecule has 0 aliphatic carbocycles. The first-order valence-corrected chi connectivity index (χ1v) is 27.2. The van der Waals surface area contributed by atoms with E-state index in [9.17, 15) is 19.2 Å². The van der Waals surface area contributed by atoms with Crippen LogP contribution in [0.2, 0.25) is 15.1 Å². The number of aliphatic carboxylic acids is 1. The molecule has 30 heteroatoms. The zero-order valence-electron chi connectivity index (χ0n) is 40.2. The zero-order valence-corrected chi connectivity index (χ0v) is 52.0. The van der Waals surface area contributed by atoms with Crippen LogP contribution in [0.5, 0.6) is 0 Å². The number of H-pyrrole nitrogens is 1. The number of esters is 1. The van der Waals surface area contributed by atoms with E-state index >= 15 is 0 Å². The molecule has 0 saturated carbocycles. The second-order valence-electron chi connectivity index (χ2n) is 14.7. The van der Waals surface area contributed by atoms with Gasteiger partial charge in [0, 0.05) is 56.4 Å². The number of rotatable bonds is 8. The fraction of sp³-hybridized carbons (Fsp3) is 0.196. The molecule has 7 aromatic heterocycles. The van der Waals surface area contributed by atoms with E-state index in [2.05, 4.69) is 146 Å². The van der Waals surface area contributed by atoms with Crippen LogP contribution in [0.1, 0.15) is 58.7 Å². The Hall–Kier alpha value is -5.26. The second-order valence-corrected chi connectivity index (χ2v) is 21.1. The average Bonchev–Trinajstić information content (AvgIpc) is 4.22. The zero-order chi connectivity index (χ0) is 56.6. The molecule has 0 unspecified atom stereocenters. The topological polar surface area (TPSA) is 284 Å². The molecule has 0 radical (unpaired) electrons. The summed E-state index contributed by atoms with van der Waals surface area (Å²) >= 11 is 37.0. The minimum Gasteiger partial charge on any atom is -0.478 e. The van der Waals surface area contributed by atoms with Gasteiger partial charge in [0.2, 0.25) is 0 Å². The van der Waals surface area contributed by atoms with Crippen LogP contribution in [0.25, 0.3) is 17.5 Å². The molecule has 0 atom stereocenters. The molecular weight excluding hydrogens is 1450 g/mol. The van der Waals surface area contributed by atoms with E-state index in [1.807, 2.05) is 26.0 Å². The van der Waals surface area contributed by atoms with Gasteiger partial charge in [0.1, 0.15) is 24.0 Å². The monoisotopic (exact) mass is 1480 g/mol. The van der Waals surface area contributed by atoms with Crippen molar-refractivity contribution >= 4 is 166 Å². The summed E-state index contributed by atoms with van der Waals surface area (Å²) in [6.07, 6.45) is 4.77. The van der Waals surface area contributed by atoms with Crippen molar-refractivity contribution in [3.8, 4) is 17.5 Å². The van der Waals surface area contributed by atoms with Crippen LogP contribution >= 0.6 is 130 Å². The molecular formula is C46H40Br6Cl3N13O8. The fourth-order valence-electron chi connectivity index (χ4n) is 6.04. The molecule has 76 heavy (non-hydrogen) atoms. The normalized spacial score (nSPS) is 12.2. The van der Waals surface area contributed by atoms with Crippen molar-refractivity contribution in [2.75, 3.05) is 19.7 Å². The molecule has 7 aromatic rings. The lowest BCUT2D eigenvalue weighted by molar-refractivity contribution is -0.138. The average molecular weight is 1490 g/mol. The SMILES string of the molecule is CC1=NCC(Br)=C1C(=O)O.CCOC(=O)C1=C(Br)CN=C1C.Cc1c(C(=O)O)c(Br)nn1-c1ncccc1Cl.Cc1cc(Br)n[nH]1.Cc1cc(Br)nn1-c1ncccc1Cl.O=C(O)c1cc(Br)nn1-c1ncccc1Cl. The highest BCUT2D eigenvalue weighted by atomic mass is 79.9. The summed E-state index contributed by atoms with van der Waals surface area (Å²) < 4.78 is 12.9. The molecule has 0 aromatic carbocycles. The first kappa shape index (κ1) is 63.3. The number of pyridine rings is 3. The van der Waals surface area contributed by atoms with Crippen LogP contribution in [0.3, 0.4) is 0 Å². The predicted octanol–water partition coefficient (Wildman–Crippen LogP) is 12.4. The molecule has 0 amide bonds. The Kier molecular flexibility index (Phi) is 25.0. The summed E-state index contributed by atoms with van der Waals surface area (Å²) in [6.45, 7) is 12.3. The summed E-state index contributed by atoms with van der Waals surface area (Å²) in [5.74, 6) is -2.01. The molecule has 0 bridgehead atoms. The van der Waals surface area contributed by atoms with Gasteiger partial charge in [-0.15, -0.1) is 0 Å². The Bertz CT molecular complexity index is 3380. The highest BCUT2D eigenvalue weighted by Gasteiger charge is 2.24. The largest absolute Gasteiger partial charge is 0.478 e. The van der Waals surface area contributed by atoms with Gasteiger partial charge in [-0.1, -0.05) is 66.7 Å². The maximum Gasteiger partial charge on any atom is 0.354 e. The number of hydrogen-bond donors (Lipinski definition) is 4. The van der Waals surface area contributed by atoms with Gasteiger partial charge in [-0.3, -0.25) is 15.1 Å². The van der Waals surface area contributed by atoms with Gasteiger partial charge >= 0.3 is 23.9 Å². The number of nitrogens with zero attached hydrogens (tertiary/aromatic N) is 12. The van der Waals surface area contributed by atoms with E-state index in [1.54, 1.807) is 81.2 Å². The van der Waals surface area contributed by atoms with E-state index in [-0.39, 0.29) is 27.6 Å². The predicted molar refractivity (Wildman–Crippen MR) is 309 cm³/mol. The molecule has 400 valence electrons. The highest BCUT2D eigenvalue weighted by Crippen LogP contribution is 2.27. The van der Waals surface area contributed by atoms with Crippen molar-refractivity contribution < 1.29 is 39.2 Å². The summed E-state index contributed by atoms with van der Waals surface area (Å²) in [6, 6.07) is 15.4. The molecule has 21 nitrogen and oxygen atoms in total. The Morgan fingerprint density at radius 1 is 0.618 bits per heavy atom. The Labute approximate surface area is 498 Å². The maximum absolute atomic E-state index is 11.3. The van der Waals surface area contributed by atoms with Gasteiger partial charge in [0.05, 0.1) is 51.6 Å². The van der Waals surface area contributed by atoms with Crippen molar-refractivity contribution in [1.82, 2.24) is 54.5 Å². The van der Waals surface area contributed by atoms with Gasteiger partial charge in [-0.2, -0.15) is 20.4 Å². The second kappa shape index (κ2) is 30.0. The number of aromatic carboxylic acids is 2. The number of halogens is 9. The van der Waals surface area contributed by atoms with E-state index in [0.717, 1.165) is 30.8 Å². The minimum absolute atomic E-state index is 0.00697. The fourth-order valence-corrected chi connectivity index (χ4v) is 9.71. The van der Waals surface area contributed by atoms with Crippen molar-refractivity contribution in [2.45, 2.75) is 41.5 Å². The maximum atomic E-state index is 11.3. The van der Waals surface area contributed by atoms with Crippen LogP contribution in [-0.2, 0) is 14.3 Å². The van der Waals surface area contributed by atoms with Gasteiger partial charge in [-0.05, 0) is 154 Å². The number of aromatic amines is 1. The van der Waals surface area contributed by atoms with E-state index in [0.29, 0.717) is 78.0 Å². The third kappa shape index (κ3) is 17.6. The number of carboxylic acid groups (broad SMARTS) is 3.